The minimum Gasteiger partial charge on any atom is -0.487 e. The highest BCUT2D eigenvalue weighted by Gasteiger charge is 2.13. The summed E-state index contributed by atoms with van der Waals surface area (Å²) in [5, 5.41) is 12.6. The number of nitriles is 1. The number of nitrogens with one attached hydrogen (secondary N) is 1. The molecular weight excluding hydrogens is 495 g/mol. The molecule has 27 heavy (non-hydrogen) atoms. The zero-order valence-electron chi connectivity index (χ0n) is 14.7. The maximum atomic E-state index is 12.0. The van der Waals surface area contributed by atoms with Crippen molar-refractivity contribution >= 4 is 55.4 Å². The van der Waals surface area contributed by atoms with Crippen molar-refractivity contribution in [2.75, 3.05) is 0 Å². The molecule has 0 aromatic heterocycles. The van der Waals surface area contributed by atoms with E-state index in [0.717, 1.165) is 5.56 Å². The molecule has 4 nitrogen and oxygen atoms in total. The van der Waals surface area contributed by atoms with Gasteiger partial charge in [0.25, 0.3) is 5.91 Å². The predicted octanol–water partition coefficient (Wildman–Crippen LogP) is 5.88. The second kappa shape index (κ2) is 9.93. The van der Waals surface area contributed by atoms with E-state index in [9.17, 15) is 10.1 Å². The second-order valence-corrected chi connectivity index (χ2v) is 8.17. The Labute approximate surface area is 180 Å². The van der Waals surface area contributed by atoms with E-state index in [0.29, 0.717) is 31.9 Å². The molecule has 0 radical (unpaired) electrons. The third kappa shape index (κ3) is 6.39. The fourth-order valence-electron chi connectivity index (χ4n) is 2.19. The van der Waals surface area contributed by atoms with Gasteiger partial charge in [0.05, 0.1) is 8.95 Å². The molecule has 0 aliphatic heterocycles. The van der Waals surface area contributed by atoms with Crippen LogP contribution < -0.4 is 10.1 Å². The Morgan fingerprint density at radius 2 is 1.85 bits per heavy atom. The van der Waals surface area contributed by atoms with Crippen LogP contribution in [0.1, 0.15) is 25.0 Å². The van der Waals surface area contributed by atoms with Crippen molar-refractivity contribution in [3.63, 3.8) is 0 Å². The highest BCUT2D eigenvalue weighted by Crippen LogP contribution is 2.36. The van der Waals surface area contributed by atoms with Crippen molar-refractivity contribution < 1.29 is 9.53 Å². The van der Waals surface area contributed by atoms with E-state index >= 15 is 0 Å². The van der Waals surface area contributed by atoms with Gasteiger partial charge in [0.15, 0.2) is 0 Å². The van der Waals surface area contributed by atoms with Crippen LogP contribution in [0.2, 0.25) is 5.02 Å². The standard InChI is InChI=1S/C20H17Br2ClN2O2/c1-12(2)25-20(26)15(10-24)7-14-8-17(21)19(18(22)9-14)27-11-13-3-5-16(23)6-4-13/h3-9,12H,11H2,1-2H3,(H,25,26)/b15-7-. The van der Waals surface area contributed by atoms with Crippen LogP contribution in [0.5, 0.6) is 5.75 Å². The second-order valence-electron chi connectivity index (χ2n) is 6.03. The summed E-state index contributed by atoms with van der Waals surface area (Å²) in [5.41, 5.74) is 1.72. The fourth-order valence-corrected chi connectivity index (χ4v) is 3.77. The molecule has 0 heterocycles. The molecule has 0 atom stereocenters. The van der Waals surface area contributed by atoms with Gasteiger partial charge >= 0.3 is 0 Å². The number of hydrogen-bond acceptors (Lipinski definition) is 3. The summed E-state index contributed by atoms with van der Waals surface area (Å²) in [5.74, 6) is 0.232. The third-order valence-electron chi connectivity index (χ3n) is 3.41. The topological polar surface area (TPSA) is 62.1 Å². The van der Waals surface area contributed by atoms with Crippen LogP contribution in [-0.4, -0.2) is 11.9 Å². The maximum Gasteiger partial charge on any atom is 0.262 e. The van der Waals surface area contributed by atoms with E-state index in [1.807, 2.05) is 44.2 Å². The van der Waals surface area contributed by atoms with Gasteiger partial charge < -0.3 is 10.1 Å². The molecule has 0 aliphatic carbocycles. The number of rotatable bonds is 6. The first-order valence-electron chi connectivity index (χ1n) is 8.09. The average Bonchev–Trinajstić information content (AvgIpc) is 2.59. The van der Waals surface area contributed by atoms with Crippen LogP contribution in [0.25, 0.3) is 6.08 Å². The zero-order chi connectivity index (χ0) is 20.0. The average molecular weight is 513 g/mol. The number of carbonyl (C=O) groups excluding carboxylic acids is 1. The lowest BCUT2D eigenvalue weighted by molar-refractivity contribution is -0.117. The molecule has 2 aromatic carbocycles. The summed E-state index contributed by atoms with van der Waals surface area (Å²) in [6.45, 7) is 4.06. The number of hydrogen-bond donors (Lipinski definition) is 1. The number of ether oxygens (including phenoxy) is 1. The first-order valence-corrected chi connectivity index (χ1v) is 10.1. The predicted molar refractivity (Wildman–Crippen MR) is 114 cm³/mol. The summed E-state index contributed by atoms with van der Waals surface area (Å²) < 4.78 is 7.29. The number of benzene rings is 2. The molecule has 0 saturated heterocycles. The van der Waals surface area contributed by atoms with Crippen LogP contribution in [0.15, 0.2) is 50.9 Å². The van der Waals surface area contributed by atoms with E-state index < -0.39 is 5.91 Å². The van der Waals surface area contributed by atoms with E-state index in [2.05, 4.69) is 37.2 Å². The summed E-state index contributed by atoms with van der Waals surface area (Å²) >= 11 is 12.9. The first-order chi connectivity index (χ1) is 12.8. The van der Waals surface area contributed by atoms with Crippen molar-refractivity contribution in [2.45, 2.75) is 26.5 Å². The van der Waals surface area contributed by atoms with Gasteiger partial charge in [0, 0.05) is 11.1 Å². The van der Waals surface area contributed by atoms with Crippen LogP contribution in [-0.2, 0) is 11.4 Å². The van der Waals surface area contributed by atoms with Gasteiger partial charge in [-0.2, -0.15) is 5.26 Å². The Kier molecular flexibility index (Phi) is 7.91. The molecule has 0 fully saturated rings. The third-order valence-corrected chi connectivity index (χ3v) is 4.84. The van der Waals surface area contributed by atoms with Crippen molar-refractivity contribution in [1.29, 1.82) is 5.26 Å². The lowest BCUT2D eigenvalue weighted by Gasteiger charge is -2.12. The van der Waals surface area contributed by atoms with Crippen molar-refractivity contribution in [3.05, 3.63) is 67.1 Å². The van der Waals surface area contributed by atoms with Crippen LogP contribution in [0.4, 0.5) is 0 Å². The minimum absolute atomic E-state index is 0.0392. The van der Waals surface area contributed by atoms with Crippen LogP contribution in [0, 0.1) is 11.3 Å². The molecule has 2 aromatic rings. The highest BCUT2D eigenvalue weighted by atomic mass is 79.9. The van der Waals surface area contributed by atoms with E-state index in [-0.39, 0.29) is 11.6 Å². The molecular formula is C20H17Br2ClN2O2. The monoisotopic (exact) mass is 510 g/mol. The molecule has 140 valence electrons. The van der Waals surface area contributed by atoms with Crippen LogP contribution >= 0.6 is 43.5 Å². The zero-order valence-corrected chi connectivity index (χ0v) is 18.7. The molecule has 0 aliphatic rings. The van der Waals surface area contributed by atoms with Gasteiger partial charge in [0.2, 0.25) is 0 Å². The van der Waals surface area contributed by atoms with Gasteiger partial charge in [0.1, 0.15) is 24.0 Å². The minimum atomic E-state index is -0.400. The molecule has 0 saturated carbocycles. The number of nitrogens with zero attached hydrogens (tertiary/aromatic N) is 1. The Morgan fingerprint density at radius 1 is 1.26 bits per heavy atom. The van der Waals surface area contributed by atoms with E-state index in [1.165, 1.54) is 6.08 Å². The molecule has 0 spiro atoms. The molecule has 0 bridgehead atoms. The smallest absolute Gasteiger partial charge is 0.262 e. The summed E-state index contributed by atoms with van der Waals surface area (Å²) in [6.07, 6.45) is 1.54. The van der Waals surface area contributed by atoms with E-state index in [4.69, 9.17) is 16.3 Å². The molecule has 2 rings (SSSR count). The van der Waals surface area contributed by atoms with E-state index in [1.54, 1.807) is 12.1 Å². The SMILES string of the molecule is CC(C)NC(=O)/C(C#N)=C\c1cc(Br)c(OCc2ccc(Cl)cc2)c(Br)c1. The lowest BCUT2D eigenvalue weighted by atomic mass is 10.1. The normalized spacial score (nSPS) is 11.2. The quantitative estimate of drug-likeness (QED) is 0.389. The van der Waals surface area contributed by atoms with Crippen LogP contribution in [0.3, 0.4) is 0 Å². The molecule has 1 amide bonds. The Bertz CT molecular complexity index is 880. The van der Waals surface area contributed by atoms with Crippen molar-refractivity contribution in [1.82, 2.24) is 5.32 Å². The van der Waals surface area contributed by atoms with Gasteiger partial charge in [-0.1, -0.05) is 23.7 Å². The maximum absolute atomic E-state index is 12.0. The van der Waals surface area contributed by atoms with Crippen molar-refractivity contribution in [3.8, 4) is 11.8 Å². The summed E-state index contributed by atoms with van der Waals surface area (Å²) in [4.78, 5) is 12.0. The molecule has 7 heteroatoms. The number of amides is 1. The van der Waals surface area contributed by atoms with Gasteiger partial charge in [-0.05, 0) is 87.2 Å². The van der Waals surface area contributed by atoms with Crippen molar-refractivity contribution in [2.24, 2.45) is 0 Å². The summed E-state index contributed by atoms with van der Waals surface area (Å²) in [7, 11) is 0. The fraction of sp³-hybridized carbons (Fsp3) is 0.200. The van der Waals surface area contributed by atoms with Gasteiger partial charge in [-0.25, -0.2) is 0 Å². The lowest BCUT2D eigenvalue weighted by Crippen LogP contribution is -2.30. The molecule has 0 unspecified atom stereocenters. The Hall–Kier alpha value is -1.81. The molecule has 1 N–H and O–H groups in total. The number of carbonyl (C=O) groups is 1. The van der Waals surface area contributed by atoms with Gasteiger partial charge in [-0.15, -0.1) is 0 Å². The van der Waals surface area contributed by atoms with Gasteiger partial charge in [-0.3, -0.25) is 4.79 Å². The highest BCUT2D eigenvalue weighted by molar-refractivity contribution is 9.11. The summed E-state index contributed by atoms with van der Waals surface area (Å²) in [6, 6.07) is 12.9. The number of halogens is 3. The first kappa shape index (κ1) is 21.5. The Morgan fingerprint density at radius 3 is 2.37 bits per heavy atom. The Balaban J connectivity index is 2.20. The largest absolute Gasteiger partial charge is 0.487 e.